The lowest BCUT2D eigenvalue weighted by molar-refractivity contribution is 0.247. The van der Waals surface area contributed by atoms with Crippen LogP contribution in [0.5, 0.6) is 0 Å². The van der Waals surface area contributed by atoms with Crippen molar-refractivity contribution in [2.75, 3.05) is 31.1 Å². The van der Waals surface area contributed by atoms with Crippen LogP contribution in [0.4, 0.5) is 5.82 Å². The predicted molar refractivity (Wildman–Crippen MR) is 83.3 cm³/mol. The van der Waals surface area contributed by atoms with E-state index >= 15 is 0 Å². The van der Waals surface area contributed by atoms with E-state index in [4.69, 9.17) is 0 Å². The zero-order chi connectivity index (χ0) is 13.9. The standard InChI is InChI=1S/C15H20N4S/c1-12-4-3-5-15(16-12)19-8-6-18(7-9-19)10-14-11-20-13(2)17-14/h3-5,11H,6-10H2,1-2H3. The smallest absolute Gasteiger partial charge is 0.128 e. The van der Waals surface area contributed by atoms with Crippen LogP contribution in [0.15, 0.2) is 23.6 Å². The number of piperazine rings is 1. The van der Waals surface area contributed by atoms with Gasteiger partial charge in [0.2, 0.25) is 0 Å². The lowest BCUT2D eigenvalue weighted by Crippen LogP contribution is -2.46. The third-order valence-electron chi connectivity index (χ3n) is 3.62. The van der Waals surface area contributed by atoms with E-state index in [1.165, 1.54) is 5.69 Å². The van der Waals surface area contributed by atoms with Crippen molar-refractivity contribution in [2.45, 2.75) is 20.4 Å². The summed E-state index contributed by atoms with van der Waals surface area (Å²) in [5.74, 6) is 1.11. The summed E-state index contributed by atoms with van der Waals surface area (Å²) in [7, 11) is 0. The van der Waals surface area contributed by atoms with E-state index in [-0.39, 0.29) is 0 Å². The van der Waals surface area contributed by atoms with Crippen molar-refractivity contribution < 1.29 is 0 Å². The Balaban J connectivity index is 1.57. The molecule has 5 heteroatoms. The fraction of sp³-hybridized carbons (Fsp3) is 0.467. The van der Waals surface area contributed by atoms with Crippen LogP contribution >= 0.6 is 11.3 Å². The van der Waals surface area contributed by atoms with Crippen molar-refractivity contribution >= 4 is 17.2 Å². The van der Waals surface area contributed by atoms with Gasteiger partial charge >= 0.3 is 0 Å². The maximum absolute atomic E-state index is 4.61. The molecule has 0 unspecified atom stereocenters. The molecule has 0 spiro atoms. The molecule has 106 valence electrons. The van der Waals surface area contributed by atoms with E-state index in [1.807, 2.05) is 13.0 Å². The van der Waals surface area contributed by atoms with Gasteiger partial charge in [0.05, 0.1) is 10.7 Å². The molecule has 2 aromatic rings. The van der Waals surface area contributed by atoms with Crippen LogP contribution in [-0.4, -0.2) is 41.0 Å². The summed E-state index contributed by atoms with van der Waals surface area (Å²) < 4.78 is 0. The van der Waals surface area contributed by atoms with Gasteiger partial charge in [-0.3, -0.25) is 4.90 Å². The molecule has 1 aliphatic heterocycles. The second-order valence-electron chi connectivity index (χ2n) is 5.26. The molecule has 0 saturated carbocycles. The zero-order valence-corrected chi connectivity index (χ0v) is 12.9. The SMILES string of the molecule is Cc1cccc(N2CCN(Cc3csc(C)n3)CC2)n1. The van der Waals surface area contributed by atoms with E-state index in [2.05, 4.69) is 44.2 Å². The molecule has 1 aliphatic rings. The molecule has 0 atom stereocenters. The number of pyridine rings is 1. The number of nitrogens with zero attached hydrogens (tertiary/aromatic N) is 4. The molecule has 2 aromatic heterocycles. The minimum atomic E-state index is 0.972. The molecule has 0 radical (unpaired) electrons. The molecular weight excluding hydrogens is 268 g/mol. The first-order chi connectivity index (χ1) is 9.70. The van der Waals surface area contributed by atoms with Gasteiger partial charge in [-0.25, -0.2) is 9.97 Å². The van der Waals surface area contributed by atoms with Crippen molar-refractivity contribution in [1.29, 1.82) is 0 Å². The Morgan fingerprint density at radius 2 is 1.90 bits per heavy atom. The largest absolute Gasteiger partial charge is 0.354 e. The Morgan fingerprint density at radius 1 is 1.10 bits per heavy atom. The minimum absolute atomic E-state index is 0.972. The molecular formula is C15H20N4S. The van der Waals surface area contributed by atoms with Crippen molar-refractivity contribution in [2.24, 2.45) is 0 Å². The van der Waals surface area contributed by atoms with Crippen LogP contribution in [-0.2, 0) is 6.54 Å². The number of aromatic nitrogens is 2. The van der Waals surface area contributed by atoms with Gasteiger partial charge in [0.1, 0.15) is 5.82 Å². The summed E-state index contributed by atoms with van der Waals surface area (Å²) in [6, 6.07) is 6.23. The van der Waals surface area contributed by atoms with Gasteiger partial charge in [-0.1, -0.05) is 6.07 Å². The molecule has 3 heterocycles. The highest BCUT2D eigenvalue weighted by atomic mass is 32.1. The summed E-state index contributed by atoms with van der Waals surface area (Å²) in [4.78, 5) is 14.0. The second kappa shape index (κ2) is 5.89. The molecule has 3 rings (SSSR count). The van der Waals surface area contributed by atoms with Crippen LogP contribution < -0.4 is 4.90 Å². The number of hydrogen-bond acceptors (Lipinski definition) is 5. The van der Waals surface area contributed by atoms with Crippen LogP contribution in [0, 0.1) is 13.8 Å². The lowest BCUT2D eigenvalue weighted by Gasteiger charge is -2.35. The highest BCUT2D eigenvalue weighted by Gasteiger charge is 2.18. The Labute approximate surface area is 124 Å². The molecule has 0 aromatic carbocycles. The van der Waals surface area contributed by atoms with Gasteiger partial charge in [-0.2, -0.15) is 0 Å². The second-order valence-corrected chi connectivity index (χ2v) is 6.32. The number of thiazole rings is 1. The average molecular weight is 288 g/mol. The quantitative estimate of drug-likeness (QED) is 0.868. The van der Waals surface area contributed by atoms with E-state index in [9.17, 15) is 0 Å². The van der Waals surface area contributed by atoms with Crippen molar-refractivity contribution in [3.8, 4) is 0 Å². The van der Waals surface area contributed by atoms with E-state index in [0.717, 1.165) is 49.2 Å². The Bertz CT molecular complexity index is 573. The summed E-state index contributed by atoms with van der Waals surface area (Å²) in [6.07, 6.45) is 0. The topological polar surface area (TPSA) is 32.3 Å². The van der Waals surface area contributed by atoms with Gasteiger partial charge in [0.15, 0.2) is 0 Å². The van der Waals surface area contributed by atoms with E-state index < -0.39 is 0 Å². The van der Waals surface area contributed by atoms with Crippen LogP contribution in [0.25, 0.3) is 0 Å². The number of hydrogen-bond donors (Lipinski definition) is 0. The first kappa shape index (κ1) is 13.5. The highest BCUT2D eigenvalue weighted by molar-refractivity contribution is 7.09. The van der Waals surface area contributed by atoms with Gasteiger partial charge in [0.25, 0.3) is 0 Å². The normalized spacial score (nSPS) is 16.6. The monoisotopic (exact) mass is 288 g/mol. The Kier molecular flexibility index (Phi) is 3.98. The van der Waals surface area contributed by atoms with Crippen LogP contribution in [0.3, 0.4) is 0 Å². The average Bonchev–Trinajstić information content (AvgIpc) is 2.85. The fourth-order valence-corrected chi connectivity index (χ4v) is 3.15. The summed E-state index contributed by atoms with van der Waals surface area (Å²) >= 11 is 1.73. The zero-order valence-electron chi connectivity index (χ0n) is 12.0. The van der Waals surface area contributed by atoms with E-state index in [1.54, 1.807) is 11.3 Å². The lowest BCUT2D eigenvalue weighted by atomic mass is 10.3. The molecule has 0 aliphatic carbocycles. The van der Waals surface area contributed by atoms with Gasteiger partial charge in [-0.05, 0) is 26.0 Å². The summed E-state index contributed by atoms with van der Waals surface area (Å²) in [6.45, 7) is 9.32. The highest BCUT2D eigenvalue weighted by Crippen LogP contribution is 2.16. The third-order valence-corrected chi connectivity index (χ3v) is 4.44. The number of rotatable bonds is 3. The third kappa shape index (κ3) is 3.16. The van der Waals surface area contributed by atoms with Gasteiger partial charge in [0, 0.05) is 43.8 Å². The number of aryl methyl sites for hydroxylation is 2. The van der Waals surface area contributed by atoms with Gasteiger partial charge in [-0.15, -0.1) is 11.3 Å². The molecule has 0 N–H and O–H groups in total. The Morgan fingerprint density at radius 3 is 2.55 bits per heavy atom. The van der Waals surface area contributed by atoms with Crippen molar-refractivity contribution in [3.05, 3.63) is 40.0 Å². The van der Waals surface area contributed by atoms with Crippen molar-refractivity contribution in [1.82, 2.24) is 14.9 Å². The van der Waals surface area contributed by atoms with Crippen LogP contribution in [0.1, 0.15) is 16.4 Å². The van der Waals surface area contributed by atoms with Crippen LogP contribution in [0.2, 0.25) is 0 Å². The number of anilines is 1. The van der Waals surface area contributed by atoms with Crippen molar-refractivity contribution in [3.63, 3.8) is 0 Å². The summed E-state index contributed by atoms with van der Waals surface area (Å²) in [5, 5.41) is 3.33. The molecule has 0 amide bonds. The van der Waals surface area contributed by atoms with E-state index in [0.29, 0.717) is 0 Å². The van der Waals surface area contributed by atoms with Gasteiger partial charge < -0.3 is 4.90 Å². The molecule has 1 saturated heterocycles. The fourth-order valence-electron chi connectivity index (χ4n) is 2.55. The summed E-state index contributed by atoms with van der Waals surface area (Å²) in [5.41, 5.74) is 2.29. The Hall–Kier alpha value is -1.46. The predicted octanol–water partition coefficient (Wildman–Crippen LogP) is 2.48. The minimum Gasteiger partial charge on any atom is -0.354 e. The maximum Gasteiger partial charge on any atom is 0.128 e. The molecule has 4 nitrogen and oxygen atoms in total. The first-order valence-corrected chi connectivity index (χ1v) is 7.90. The molecule has 0 bridgehead atoms. The first-order valence-electron chi connectivity index (χ1n) is 7.03. The molecule has 20 heavy (non-hydrogen) atoms. The maximum atomic E-state index is 4.61. The molecule has 1 fully saturated rings.